The summed E-state index contributed by atoms with van der Waals surface area (Å²) in [6.45, 7) is 1.60. The smallest absolute Gasteiger partial charge is 0.272 e. The maximum absolute atomic E-state index is 12.5. The van der Waals surface area contributed by atoms with Gasteiger partial charge in [-0.2, -0.15) is 5.10 Å². The van der Waals surface area contributed by atoms with E-state index in [4.69, 9.17) is 28.9 Å². The number of carbonyl (C=O) groups is 2. The Balaban J connectivity index is 1.65. The molecule has 1 aromatic carbocycles. The third-order valence-electron chi connectivity index (χ3n) is 4.20. The summed E-state index contributed by atoms with van der Waals surface area (Å²) in [5.74, 6) is -0.629. The first-order chi connectivity index (χ1) is 12.4. The third-order valence-corrected chi connectivity index (χ3v) is 4.74. The molecule has 7 nitrogen and oxygen atoms in total. The molecule has 3 N–H and O–H groups in total. The Kier molecular flexibility index (Phi) is 5.80. The second-order valence-corrected chi connectivity index (χ2v) is 7.10. The van der Waals surface area contributed by atoms with Gasteiger partial charge in [0.2, 0.25) is 5.91 Å². The van der Waals surface area contributed by atoms with Crippen molar-refractivity contribution in [2.45, 2.75) is 18.9 Å². The van der Waals surface area contributed by atoms with Gasteiger partial charge in [-0.05, 0) is 43.7 Å². The number of carbonyl (C=O) groups excluding carboxylic acids is 2. The van der Waals surface area contributed by atoms with E-state index in [0.29, 0.717) is 28.0 Å². The fourth-order valence-electron chi connectivity index (χ4n) is 3.04. The fourth-order valence-corrected chi connectivity index (χ4v) is 3.54. The van der Waals surface area contributed by atoms with E-state index in [9.17, 15) is 9.59 Å². The van der Waals surface area contributed by atoms with Gasteiger partial charge in [0.05, 0.1) is 17.3 Å². The van der Waals surface area contributed by atoms with Gasteiger partial charge >= 0.3 is 0 Å². The number of nitrogens with one attached hydrogen (secondary N) is 1. The molecule has 0 spiro atoms. The van der Waals surface area contributed by atoms with Crippen molar-refractivity contribution in [1.29, 1.82) is 0 Å². The number of nitrogens with zero attached hydrogens (tertiary/aromatic N) is 3. The van der Waals surface area contributed by atoms with Gasteiger partial charge in [-0.1, -0.05) is 23.2 Å². The van der Waals surface area contributed by atoms with Gasteiger partial charge in [0.15, 0.2) is 5.69 Å². The summed E-state index contributed by atoms with van der Waals surface area (Å²) >= 11 is 12.1. The zero-order valence-corrected chi connectivity index (χ0v) is 15.5. The molecule has 9 heteroatoms. The number of primary amides is 1. The van der Waals surface area contributed by atoms with E-state index >= 15 is 0 Å². The Hall–Kier alpha value is -2.09. The summed E-state index contributed by atoms with van der Waals surface area (Å²) in [6.07, 6.45) is 3.42. The van der Waals surface area contributed by atoms with E-state index in [1.165, 1.54) is 4.68 Å². The van der Waals surface area contributed by atoms with E-state index in [0.717, 1.165) is 19.4 Å². The van der Waals surface area contributed by atoms with Crippen LogP contribution in [0.4, 0.5) is 0 Å². The first-order valence-corrected chi connectivity index (χ1v) is 9.00. The minimum Gasteiger partial charge on any atom is -0.369 e. The van der Waals surface area contributed by atoms with E-state index in [-0.39, 0.29) is 24.4 Å². The lowest BCUT2D eigenvalue weighted by Gasteiger charge is -2.32. The van der Waals surface area contributed by atoms with Gasteiger partial charge in [-0.15, -0.1) is 0 Å². The molecule has 138 valence electrons. The molecule has 0 saturated carbocycles. The number of hydrogen-bond acceptors (Lipinski definition) is 4. The molecule has 1 aromatic heterocycles. The number of hydrogen-bond donors (Lipinski definition) is 2. The molecule has 0 radical (unpaired) electrons. The Bertz CT molecular complexity index is 823. The molecular formula is C17H19Cl2N5O2. The van der Waals surface area contributed by atoms with Gasteiger partial charge in [0.25, 0.3) is 5.91 Å². The molecule has 0 bridgehead atoms. The van der Waals surface area contributed by atoms with Crippen LogP contribution in [0.3, 0.4) is 0 Å². The minimum atomic E-state index is -0.365. The zero-order valence-electron chi connectivity index (χ0n) is 14.0. The van der Waals surface area contributed by atoms with Crippen molar-refractivity contribution >= 4 is 35.0 Å². The Morgan fingerprint density at radius 1 is 1.31 bits per heavy atom. The number of aromatic nitrogens is 2. The third kappa shape index (κ3) is 4.55. The summed E-state index contributed by atoms with van der Waals surface area (Å²) < 4.78 is 1.54. The van der Waals surface area contributed by atoms with Crippen LogP contribution in [0.15, 0.2) is 30.5 Å². The molecule has 26 heavy (non-hydrogen) atoms. The number of benzene rings is 1. The normalized spacial score (nSPS) is 17.8. The minimum absolute atomic E-state index is 0.0418. The molecule has 1 unspecified atom stereocenters. The average molecular weight is 396 g/mol. The van der Waals surface area contributed by atoms with Crippen molar-refractivity contribution < 1.29 is 9.59 Å². The number of amides is 2. The average Bonchev–Trinajstić information content (AvgIpc) is 3.04. The Morgan fingerprint density at radius 2 is 2.12 bits per heavy atom. The van der Waals surface area contributed by atoms with Crippen LogP contribution >= 0.6 is 23.2 Å². The van der Waals surface area contributed by atoms with Crippen LogP contribution in [0.2, 0.25) is 10.0 Å². The maximum Gasteiger partial charge on any atom is 0.272 e. The summed E-state index contributed by atoms with van der Waals surface area (Å²) in [7, 11) is 0. The first kappa shape index (κ1) is 18.7. The van der Waals surface area contributed by atoms with Crippen molar-refractivity contribution in [3.8, 4) is 5.69 Å². The molecule has 1 aliphatic rings. The molecule has 0 aliphatic carbocycles. The standard InChI is InChI=1S/C17H19Cl2N5O2/c18-11-3-4-15(13(19)8-11)24-7-5-14(22-24)17(26)21-12-2-1-6-23(9-12)10-16(20)25/h3-5,7-8,12H,1-2,6,9-10H2,(H2,20,25)(H,21,26). The van der Waals surface area contributed by atoms with Crippen molar-refractivity contribution in [1.82, 2.24) is 20.0 Å². The number of rotatable bonds is 5. The van der Waals surface area contributed by atoms with Crippen LogP contribution < -0.4 is 11.1 Å². The Labute approximate surface area is 161 Å². The van der Waals surface area contributed by atoms with Crippen molar-refractivity contribution in [2.24, 2.45) is 5.73 Å². The first-order valence-electron chi connectivity index (χ1n) is 8.25. The van der Waals surface area contributed by atoms with Crippen LogP contribution in [0, 0.1) is 0 Å². The van der Waals surface area contributed by atoms with Crippen molar-refractivity contribution in [3.63, 3.8) is 0 Å². The molecule has 1 fully saturated rings. The number of piperidine rings is 1. The van der Waals surface area contributed by atoms with Crippen molar-refractivity contribution in [2.75, 3.05) is 19.6 Å². The van der Waals surface area contributed by atoms with E-state index in [2.05, 4.69) is 10.4 Å². The molecule has 1 aliphatic heterocycles. The highest BCUT2D eigenvalue weighted by molar-refractivity contribution is 6.35. The van der Waals surface area contributed by atoms with Gasteiger partial charge in [0.1, 0.15) is 0 Å². The maximum atomic E-state index is 12.5. The lowest BCUT2D eigenvalue weighted by molar-refractivity contribution is -0.119. The number of nitrogens with two attached hydrogens (primary N) is 1. The summed E-state index contributed by atoms with van der Waals surface area (Å²) in [4.78, 5) is 25.5. The highest BCUT2D eigenvalue weighted by Crippen LogP contribution is 2.24. The highest BCUT2D eigenvalue weighted by atomic mass is 35.5. The van der Waals surface area contributed by atoms with Crippen LogP contribution in [0.1, 0.15) is 23.3 Å². The van der Waals surface area contributed by atoms with Crippen LogP contribution in [0.25, 0.3) is 5.69 Å². The molecule has 2 amide bonds. The predicted octanol–water partition coefficient (Wildman–Crippen LogP) is 1.86. The SMILES string of the molecule is NC(=O)CN1CCCC(NC(=O)c2ccn(-c3ccc(Cl)cc3Cl)n2)C1. The Morgan fingerprint density at radius 3 is 2.85 bits per heavy atom. The van der Waals surface area contributed by atoms with Gasteiger partial charge in [0, 0.05) is 23.8 Å². The van der Waals surface area contributed by atoms with E-state index in [1.54, 1.807) is 30.5 Å². The van der Waals surface area contributed by atoms with Gasteiger partial charge in [-0.3, -0.25) is 14.5 Å². The van der Waals surface area contributed by atoms with Crippen LogP contribution in [-0.4, -0.2) is 52.2 Å². The highest BCUT2D eigenvalue weighted by Gasteiger charge is 2.23. The summed E-state index contributed by atoms with van der Waals surface area (Å²) in [6, 6.07) is 6.65. The number of halogens is 2. The molecule has 2 aromatic rings. The van der Waals surface area contributed by atoms with Gasteiger partial charge < -0.3 is 11.1 Å². The second kappa shape index (κ2) is 8.07. The van der Waals surface area contributed by atoms with Crippen LogP contribution in [0.5, 0.6) is 0 Å². The quantitative estimate of drug-likeness (QED) is 0.807. The monoisotopic (exact) mass is 395 g/mol. The summed E-state index contributed by atoms with van der Waals surface area (Å²) in [5, 5.41) is 8.23. The van der Waals surface area contributed by atoms with E-state index in [1.807, 2.05) is 4.90 Å². The lowest BCUT2D eigenvalue weighted by atomic mass is 10.1. The molecule has 1 atom stereocenters. The summed E-state index contributed by atoms with van der Waals surface area (Å²) in [5.41, 5.74) is 6.17. The largest absolute Gasteiger partial charge is 0.369 e. The molecular weight excluding hydrogens is 377 g/mol. The topological polar surface area (TPSA) is 93.3 Å². The molecule has 1 saturated heterocycles. The van der Waals surface area contributed by atoms with Gasteiger partial charge in [-0.25, -0.2) is 4.68 Å². The molecule has 2 heterocycles. The van der Waals surface area contributed by atoms with Crippen molar-refractivity contribution in [3.05, 3.63) is 46.2 Å². The fraction of sp³-hybridized carbons (Fsp3) is 0.353. The lowest BCUT2D eigenvalue weighted by Crippen LogP contribution is -2.49. The molecule has 3 rings (SSSR count). The number of likely N-dealkylation sites (tertiary alicyclic amines) is 1. The van der Waals surface area contributed by atoms with E-state index < -0.39 is 0 Å². The van der Waals surface area contributed by atoms with Crippen LogP contribution in [-0.2, 0) is 4.79 Å². The predicted molar refractivity (Wildman–Crippen MR) is 99.7 cm³/mol. The second-order valence-electron chi connectivity index (χ2n) is 6.26. The zero-order chi connectivity index (χ0) is 18.7.